The summed E-state index contributed by atoms with van der Waals surface area (Å²) in [5.41, 5.74) is 6.10. The number of rotatable bonds is 7. The van der Waals surface area contributed by atoms with Crippen molar-refractivity contribution in [2.45, 2.75) is 19.3 Å². The van der Waals surface area contributed by atoms with Crippen molar-refractivity contribution in [2.24, 2.45) is 5.41 Å². The van der Waals surface area contributed by atoms with Crippen LogP contribution >= 0.6 is 11.5 Å². The molecule has 0 saturated heterocycles. The Morgan fingerprint density at radius 2 is 2.24 bits per heavy atom. The zero-order chi connectivity index (χ0) is 12.3. The van der Waals surface area contributed by atoms with Gasteiger partial charge in [-0.15, -0.1) is 0 Å². The number of nitrogens with zero attached hydrogens (tertiary/aromatic N) is 1. The molecule has 1 heterocycles. The summed E-state index contributed by atoms with van der Waals surface area (Å²) in [7, 11) is 3.36. The molecule has 96 valence electrons. The van der Waals surface area contributed by atoms with Crippen LogP contribution in [0.2, 0.25) is 0 Å². The van der Waals surface area contributed by atoms with Gasteiger partial charge in [-0.05, 0) is 36.2 Å². The molecule has 1 aromatic heterocycles. The average molecular weight is 257 g/mol. The third-order valence-electron chi connectivity index (χ3n) is 3.30. The van der Waals surface area contributed by atoms with E-state index in [-0.39, 0.29) is 0 Å². The highest BCUT2D eigenvalue weighted by atomic mass is 32.1. The van der Waals surface area contributed by atoms with Gasteiger partial charge in [-0.2, -0.15) is 4.37 Å². The van der Waals surface area contributed by atoms with E-state index in [1.807, 2.05) is 0 Å². The Bertz CT molecular complexity index is 377. The molecule has 0 aromatic carbocycles. The maximum Gasteiger partial charge on any atom is 0.197 e. The summed E-state index contributed by atoms with van der Waals surface area (Å²) in [5, 5.41) is 4.32. The van der Waals surface area contributed by atoms with E-state index in [0.29, 0.717) is 17.0 Å². The number of methoxy groups -OCH3 is 2. The van der Waals surface area contributed by atoms with Crippen LogP contribution in [-0.2, 0) is 4.74 Å². The highest BCUT2D eigenvalue weighted by Crippen LogP contribution is 2.49. The Labute approximate surface area is 105 Å². The van der Waals surface area contributed by atoms with E-state index < -0.39 is 0 Å². The van der Waals surface area contributed by atoms with Crippen LogP contribution in [0.3, 0.4) is 0 Å². The van der Waals surface area contributed by atoms with Crippen LogP contribution in [0.25, 0.3) is 0 Å². The predicted octanol–water partition coefficient (Wildman–Crippen LogP) is 1.96. The van der Waals surface area contributed by atoms with E-state index >= 15 is 0 Å². The molecule has 1 aromatic rings. The molecule has 1 aliphatic rings. The van der Waals surface area contributed by atoms with Crippen LogP contribution in [0.4, 0.5) is 10.8 Å². The molecule has 0 unspecified atom stereocenters. The molecule has 1 aliphatic carbocycles. The maximum atomic E-state index is 5.70. The lowest BCUT2D eigenvalue weighted by molar-refractivity contribution is 0.175. The largest absolute Gasteiger partial charge is 0.490 e. The zero-order valence-corrected chi connectivity index (χ0v) is 11.1. The number of nitrogens with one attached hydrogen (secondary N) is 1. The molecule has 0 atom stereocenters. The van der Waals surface area contributed by atoms with Crippen LogP contribution in [0.15, 0.2) is 0 Å². The van der Waals surface area contributed by atoms with Gasteiger partial charge in [0.1, 0.15) is 0 Å². The number of anilines is 2. The van der Waals surface area contributed by atoms with E-state index in [0.717, 1.165) is 24.6 Å². The summed E-state index contributed by atoms with van der Waals surface area (Å²) >= 11 is 1.35. The van der Waals surface area contributed by atoms with Crippen molar-refractivity contribution >= 4 is 22.4 Å². The van der Waals surface area contributed by atoms with E-state index in [4.69, 9.17) is 15.2 Å². The van der Waals surface area contributed by atoms with Crippen LogP contribution in [-0.4, -0.2) is 31.7 Å². The summed E-state index contributed by atoms with van der Waals surface area (Å²) in [5.74, 6) is 1.12. The summed E-state index contributed by atoms with van der Waals surface area (Å²) < 4.78 is 14.4. The van der Waals surface area contributed by atoms with Gasteiger partial charge < -0.3 is 20.5 Å². The molecule has 0 bridgehead atoms. The summed E-state index contributed by atoms with van der Waals surface area (Å²) in [6.07, 6.45) is 3.63. The van der Waals surface area contributed by atoms with Gasteiger partial charge in [0.2, 0.25) is 0 Å². The Morgan fingerprint density at radius 3 is 2.82 bits per heavy atom. The monoisotopic (exact) mass is 257 g/mol. The Hall–Kier alpha value is -1.01. The normalized spacial score (nSPS) is 16.8. The van der Waals surface area contributed by atoms with Gasteiger partial charge in [-0.25, -0.2) is 0 Å². The lowest BCUT2D eigenvalue weighted by Gasteiger charge is -2.15. The van der Waals surface area contributed by atoms with Gasteiger partial charge in [-0.3, -0.25) is 0 Å². The first-order valence-corrected chi connectivity index (χ1v) is 6.50. The van der Waals surface area contributed by atoms with Crippen molar-refractivity contribution in [3.63, 3.8) is 0 Å². The smallest absolute Gasteiger partial charge is 0.197 e. The molecule has 0 radical (unpaired) electrons. The quantitative estimate of drug-likeness (QED) is 0.781. The second-order valence-electron chi connectivity index (χ2n) is 4.53. The molecule has 0 amide bonds. The van der Waals surface area contributed by atoms with Crippen molar-refractivity contribution in [3.05, 3.63) is 0 Å². The van der Waals surface area contributed by atoms with Gasteiger partial charge in [0.15, 0.2) is 16.6 Å². The fraction of sp³-hybridized carbons (Fsp3) is 0.727. The standard InChI is InChI=1S/C11H19N3O2S/c1-15-6-5-11(3-4-11)7-13-10-8(16-2)9(12)14-17-10/h13H,3-7H2,1-2H3,(H2,12,14). The summed E-state index contributed by atoms with van der Waals surface area (Å²) in [6.45, 7) is 1.76. The second kappa shape index (κ2) is 5.10. The van der Waals surface area contributed by atoms with Crippen LogP contribution < -0.4 is 15.8 Å². The van der Waals surface area contributed by atoms with Gasteiger partial charge in [0, 0.05) is 20.3 Å². The Kier molecular flexibility index (Phi) is 3.73. The SMILES string of the molecule is COCCC1(CNc2snc(N)c2OC)CC1. The third kappa shape index (κ3) is 2.81. The number of aromatic nitrogens is 1. The molecule has 1 saturated carbocycles. The minimum absolute atomic E-state index is 0.403. The fourth-order valence-corrected chi connectivity index (χ4v) is 2.56. The average Bonchev–Trinajstić information content (AvgIpc) is 3.02. The van der Waals surface area contributed by atoms with Crippen LogP contribution in [0.5, 0.6) is 5.75 Å². The minimum Gasteiger partial charge on any atom is -0.490 e. The first-order valence-electron chi connectivity index (χ1n) is 5.73. The van der Waals surface area contributed by atoms with Crippen molar-refractivity contribution in [2.75, 3.05) is 38.4 Å². The Morgan fingerprint density at radius 1 is 1.47 bits per heavy atom. The van der Waals surface area contributed by atoms with Gasteiger partial charge in [0.05, 0.1) is 7.11 Å². The molecule has 2 rings (SSSR count). The highest BCUT2D eigenvalue weighted by Gasteiger charge is 2.42. The van der Waals surface area contributed by atoms with Gasteiger partial charge in [0.25, 0.3) is 0 Å². The first kappa shape index (κ1) is 12.4. The molecule has 0 aliphatic heterocycles. The van der Waals surface area contributed by atoms with Crippen molar-refractivity contribution in [1.82, 2.24) is 4.37 Å². The van der Waals surface area contributed by atoms with E-state index in [1.165, 1.54) is 24.4 Å². The lowest BCUT2D eigenvalue weighted by atomic mass is 10.0. The highest BCUT2D eigenvalue weighted by molar-refractivity contribution is 7.11. The number of nitrogen functional groups attached to an aromatic ring is 1. The number of nitrogens with two attached hydrogens (primary N) is 1. The number of ether oxygens (including phenoxy) is 2. The Balaban J connectivity index is 1.89. The fourth-order valence-electron chi connectivity index (χ4n) is 1.88. The van der Waals surface area contributed by atoms with Gasteiger partial charge in [-0.1, -0.05) is 0 Å². The molecular weight excluding hydrogens is 238 g/mol. The summed E-state index contributed by atoms with van der Waals surface area (Å²) in [6, 6.07) is 0. The van der Waals surface area contributed by atoms with Crippen LogP contribution in [0.1, 0.15) is 19.3 Å². The van der Waals surface area contributed by atoms with Crippen molar-refractivity contribution < 1.29 is 9.47 Å². The maximum absolute atomic E-state index is 5.70. The molecule has 3 N–H and O–H groups in total. The van der Waals surface area contributed by atoms with Crippen molar-refractivity contribution in [1.29, 1.82) is 0 Å². The number of hydrogen-bond acceptors (Lipinski definition) is 6. The molecule has 17 heavy (non-hydrogen) atoms. The van der Waals surface area contributed by atoms with Crippen molar-refractivity contribution in [3.8, 4) is 5.75 Å². The van der Waals surface area contributed by atoms with Crippen LogP contribution in [0, 0.1) is 5.41 Å². The second-order valence-corrected chi connectivity index (χ2v) is 5.30. The third-order valence-corrected chi connectivity index (χ3v) is 4.10. The summed E-state index contributed by atoms with van der Waals surface area (Å²) in [4.78, 5) is 0. The molecular formula is C11H19N3O2S. The van der Waals surface area contributed by atoms with E-state index in [9.17, 15) is 0 Å². The predicted molar refractivity (Wildman–Crippen MR) is 69.7 cm³/mol. The zero-order valence-electron chi connectivity index (χ0n) is 10.3. The molecule has 0 spiro atoms. The van der Waals surface area contributed by atoms with E-state index in [2.05, 4.69) is 9.69 Å². The molecule has 1 fully saturated rings. The topological polar surface area (TPSA) is 69.4 Å². The molecule has 5 nitrogen and oxygen atoms in total. The van der Waals surface area contributed by atoms with Gasteiger partial charge >= 0.3 is 0 Å². The lowest BCUT2D eigenvalue weighted by Crippen LogP contribution is -2.17. The first-order chi connectivity index (χ1) is 8.21. The molecule has 6 heteroatoms. The van der Waals surface area contributed by atoms with E-state index in [1.54, 1.807) is 14.2 Å². The number of hydrogen-bond donors (Lipinski definition) is 2. The minimum atomic E-state index is 0.403.